The van der Waals surface area contributed by atoms with Gasteiger partial charge in [-0.05, 0) is 50.0 Å². The van der Waals surface area contributed by atoms with Crippen molar-refractivity contribution >= 4 is 5.97 Å². The Morgan fingerprint density at radius 2 is 1.96 bits per heavy atom. The molecule has 2 aromatic rings. The molecule has 0 bridgehead atoms. The Kier molecular flexibility index (Phi) is 5.18. The molecule has 1 aromatic carbocycles. The van der Waals surface area contributed by atoms with E-state index in [0.717, 1.165) is 36.9 Å². The largest absolute Gasteiger partial charge is 0.494 e. The average Bonchev–Trinajstić information content (AvgIpc) is 3.02. The molecule has 0 aliphatic heterocycles. The van der Waals surface area contributed by atoms with Gasteiger partial charge in [0, 0.05) is 18.1 Å². The molecule has 0 atom stereocenters. The number of carbonyl (C=O) groups excluding carboxylic acids is 1. The summed E-state index contributed by atoms with van der Waals surface area (Å²) in [5.74, 6) is 1.04. The predicted molar refractivity (Wildman–Crippen MR) is 91.6 cm³/mol. The molecule has 0 spiro atoms. The summed E-state index contributed by atoms with van der Waals surface area (Å²) in [5.41, 5.74) is 3.08. The number of rotatable bonds is 5. The van der Waals surface area contributed by atoms with E-state index in [1.807, 2.05) is 6.92 Å². The van der Waals surface area contributed by atoms with Crippen molar-refractivity contribution in [2.75, 3.05) is 6.61 Å². The molecule has 3 rings (SSSR count). The van der Waals surface area contributed by atoms with Gasteiger partial charge in [-0.2, -0.15) is 5.10 Å². The van der Waals surface area contributed by atoms with E-state index < -0.39 is 0 Å². The summed E-state index contributed by atoms with van der Waals surface area (Å²) in [6, 6.07) is 10.0. The number of aromatic amines is 1. The molecule has 5 nitrogen and oxygen atoms in total. The number of benzene rings is 1. The van der Waals surface area contributed by atoms with Gasteiger partial charge in [-0.1, -0.05) is 24.3 Å². The lowest BCUT2D eigenvalue weighted by atomic mass is 9.77. The van der Waals surface area contributed by atoms with Crippen LogP contribution >= 0.6 is 0 Å². The van der Waals surface area contributed by atoms with Crippen LogP contribution in [0.2, 0.25) is 0 Å². The molecule has 128 valence electrons. The van der Waals surface area contributed by atoms with Crippen LogP contribution in [-0.2, 0) is 9.53 Å². The molecular weight excluding hydrogens is 304 g/mol. The zero-order chi connectivity index (χ0) is 16.9. The molecule has 1 aliphatic carbocycles. The molecule has 2 N–H and O–H groups in total. The lowest BCUT2D eigenvalue weighted by molar-refractivity contribution is -0.144. The highest BCUT2D eigenvalue weighted by Gasteiger charge is 2.24. The van der Waals surface area contributed by atoms with E-state index in [-0.39, 0.29) is 11.8 Å². The fraction of sp³-hybridized carbons (Fsp3) is 0.474. The van der Waals surface area contributed by atoms with Gasteiger partial charge < -0.3 is 9.84 Å². The van der Waals surface area contributed by atoms with Gasteiger partial charge >= 0.3 is 5.97 Å². The van der Waals surface area contributed by atoms with Crippen LogP contribution in [0.5, 0.6) is 5.88 Å². The first-order chi connectivity index (χ1) is 11.7. The fourth-order valence-corrected chi connectivity index (χ4v) is 3.54. The third-order valence-electron chi connectivity index (χ3n) is 4.85. The number of H-pyrrole nitrogens is 1. The monoisotopic (exact) mass is 328 g/mol. The van der Waals surface area contributed by atoms with Crippen molar-refractivity contribution in [3.63, 3.8) is 0 Å². The van der Waals surface area contributed by atoms with Crippen molar-refractivity contribution < 1.29 is 14.6 Å². The van der Waals surface area contributed by atoms with Gasteiger partial charge in [0.2, 0.25) is 5.88 Å². The Bertz CT molecular complexity index is 670. The first-order valence-corrected chi connectivity index (χ1v) is 8.66. The number of carbonyl (C=O) groups is 1. The Balaban J connectivity index is 1.56. The van der Waals surface area contributed by atoms with E-state index >= 15 is 0 Å². The predicted octanol–water partition coefficient (Wildman–Crippen LogP) is 4.01. The highest BCUT2D eigenvalue weighted by molar-refractivity contribution is 5.69. The summed E-state index contributed by atoms with van der Waals surface area (Å²) >= 11 is 0. The van der Waals surface area contributed by atoms with Crippen molar-refractivity contribution in [1.82, 2.24) is 10.2 Å². The van der Waals surface area contributed by atoms with Crippen LogP contribution in [0.1, 0.15) is 50.5 Å². The first kappa shape index (κ1) is 16.6. The second-order valence-electron chi connectivity index (χ2n) is 6.49. The molecule has 24 heavy (non-hydrogen) atoms. The third kappa shape index (κ3) is 3.96. The zero-order valence-corrected chi connectivity index (χ0v) is 14.0. The maximum absolute atomic E-state index is 11.6. The van der Waals surface area contributed by atoms with Gasteiger partial charge in [0.1, 0.15) is 0 Å². The number of aromatic hydroxyl groups is 1. The number of aromatic nitrogens is 2. The molecular formula is C19H24N2O3. The van der Waals surface area contributed by atoms with Crippen LogP contribution in [0.25, 0.3) is 11.3 Å². The maximum Gasteiger partial charge on any atom is 0.306 e. The number of nitrogens with zero attached hydrogens (tertiary/aromatic N) is 1. The minimum Gasteiger partial charge on any atom is -0.494 e. The second-order valence-corrected chi connectivity index (χ2v) is 6.49. The lowest BCUT2D eigenvalue weighted by Crippen LogP contribution is -2.17. The molecule has 5 heteroatoms. The molecule has 1 aliphatic rings. The third-order valence-corrected chi connectivity index (χ3v) is 4.85. The summed E-state index contributed by atoms with van der Waals surface area (Å²) in [5, 5.41) is 15.9. The van der Waals surface area contributed by atoms with E-state index in [9.17, 15) is 9.90 Å². The molecule has 0 unspecified atom stereocenters. The second kappa shape index (κ2) is 7.51. The molecule has 1 saturated carbocycles. The minimum absolute atomic E-state index is 0.0624. The van der Waals surface area contributed by atoms with E-state index in [2.05, 4.69) is 34.5 Å². The van der Waals surface area contributed by atoms with Gasteiger partial charge in [0.25, 0.3) is 0 Å². The minimum atomic E-state index is -0.0624. The summed E-state index contributed by atoms with van der Waals surface area (Å²) in [6.07, 6.45) is 4.96. The van der Waals surface area contributed by atoms with Crippen LogP contribution in [0.15, 0.2) is 30.3 Å². The maximum atomic E-state index is 11.6. The number of esters is 1. The Morgan fingerprint density at radius 3 is 2.54 bits per heavy atom. The Morgan fingerprint density at radius 1 is 1.25 bits per heavy atom. The van der Waals surface area contributed by atoms with Crippen molar-refractivity contribution in [3.05, 3.63) is 35.9 Å². The van der Waals surface area contributed by atoms with Gasteiger partial charge in [-0.25, -0.2) is 5.10 Å². The fourth-order valence-electron chi connectivity index (χ4n) is 3.54. The standard InChI is InChI=1S/C19H24N2O3/c1-2-24-19(23)11-13-3-5-14(6-4-13)15-7-9-16(10-8-15)17-12-18(22)21-20-17/h7-10,12-14H,2-6,11H2,1H3,(H2,20,21,22)/t13-,14-. The smallest absolute Gasteiger partial charge is 0.306 e. The number of ether oxygens (including phenoxy) is 1. The van der Waals surface area contributed by atoms with Crippen LogP contribution in [0, 0.1) is 5.92 Å². The van der Waals surface area contributed by atoms with Crippen molar-refractivity contribution in [2.24, 2.45) is 5.92 Å². The van der Waals surface area contributed by atoms with Crippen LogP contribution in [-0.4, -0.2) is 27.9 Å². The summed E-state index contributed by atoms with van der Waals surface area (Å²) in [4.78, 5) is 11.6. The molecule has 0 amide bonds. The highest BCUT2D eigenvalue weighted by Crippen LogP contribution is 2.37. The normalized spacial score (nSPS) is 20.7. The van der Waals surface area contributed by atoms with Crippen molar-refractivity contribution in [1.29, 1.82) is 0 Å². The molecule has 0 radical (unpaired) electrons. The van der Waals surface area contributed by atoms with Crippen LogP contribution in [0.4, 0.5) is 0 Å². The SMILES string of the molecule is CCOC(=O)C[C@H]1CC[C@H](c2ccc(-c3cc(O)[nH]n3)cc2)CC1. The van der Waals surface area contributed by atoms with Crippen molar-refractivity contribution in [3.8, 4) is 17.1 Å². The van der Waals surface area contributed by atoms with Gasteiger partial charge in [-0.3, -0.25) is 4.79 Å². The van der Waals surface area contributed by atoms with Gasteiger partial charge in [-0.15, -0.1) is 0 Å². The van der Waals surface area contributed by atoms with E-state index in [0.29, 0.717) is 24.9 Å². The number of hydrogen-bond acceptors (Lipinski definition) is 4. The summed E-state index contributed by atoms with van der Waals surface area (Å²) in [6.45, 7) is 2.32. The zero-order valence-electron chi connectivity index (χ0n) is 14.0. The summed E-state index contributed by atoms with van der Waals surface area (Å²) < 4.78 is 5.05. The van der Waals surface area contributed by atoms with E-state index in [1.165, 1.54) is 5.56 Å². The van der Waals surface area contributed by atoms with Gasteiger partial charge in [0.05, 0.1) is 12.3 Å². The molecule has 1 fully saturated rings. The van der Waals surface area contributed by atoms with Crippen LogP contribution < -0.4 is 0 Å². The Labute approximate surface area is 142 Å². The van der Waals surface area contributed by atoms with E-state index in [4.69, 9.17) is 4.74 Å². The number of hydrogen-bond donors (Lipinski definition) is 2. The highest BCUT2D eigenvalue weighted by atomic mass is 16.5. The number of nitrogens with one attached hydrogen (secondary N) is 1. The van der Waals surface area contributed by atoms with E-state index in [1.54, 1.807) is 6.07 Å². The summed E-state index contributed by atoms with van der Waals surface area (Å²) in [7, 11) is 0. The lowest BCUT2D eigenvalue weighted by Gasteiger charge is -2.28. The Hall–Kier alpha value is -2.30. The molecule has 1 heterocycles. The topological polar surface area (TPSA) is 75.2 Å². The first-order valence-electron chi connectivity index (χ1n) is 8.66. The average molecular weight is 328 g/mol. The molecule has 0 saturated heterocycles. The quantitative estimate of drug-likeness (QED) is 0.813. The van der Waals surface area contributed by atoms with Gasteiger partial charge in [0.15, 0.2) is 0 Å². The molecule has 1 aromatic heterocycles. The van der Waals surface area contributed by atoms with Crippen LogP contribution in [0.3, 0.4) is 0 Å². The van der Waals surface area contributed by atoms with Crippen molar-refractivity contribution in [2.45, 2.75) is 44.9 Å².